The number of hydrogen-bond acceptors (Lipinski definition) is 7. The number of fused-ring (bicyclic) bond motifs is 1. The summed E-state index contributed by atoms with van der Waals surface area (Å²) in [6.45, 7) is 2.64. The van der Waals surface area contributed by atoms with Crippen LogP contribution in [0.1, 0.15) is 27.6 Å². The number of ether oxygens (including phenoxy) is 3. The number of nitrogens with one attached hydrogen (secondary N) is 1. The molecule has 0 saturated carbocycles. The predicted molar refractivity (Wildman–Crippen MR) is 102 cm³/mol. The van der Waals surface area contributed by atoms with Gasteiger partial charge in [-0.1, -0.05) is 5.21 Å². The summed E-state index contributed by atoms with van der Waals surface area (Å²) in [7, 11) is 4.18. The zero-order chi connectivity index (χ0) is 20.3. The van der Waals surface area contributed by atoms with Gasteiger partial charge in [0.05, 0.1) is 38.1 Å². The van der Waals surface area contributed by atoms with Crippen molar-refractivity contribution in [2.75, 3.05) is 26.6 Å². The standard InChI is InChI=1S/C19H20N4O5/c1-5-23-15-7-6-11(8-14(15)21-22-23)18(24)20-13-10-17(27-3)16(26-2)9-12(13)19(25)28-4/h6-10H,5H2,1-4H3,(H,20,24). The van der Waals surface area contributed by atoms with Gasteiger partial charge in [-0.2, -0.15) is 0 Å². The highest BCUT2D eigenvalue weighted by atomic mass is 16.5. The Morgan fingerprint density at radius 2 is 1.79 bits per heavy atom. The summed E-state index contributed by atoms with van der Waals surface area (Å²) >= 11 is 0. The van der Waals surface area contributed by atoms with E-state index in [1.165, 1.54) is 33.5 Å². The first-order valence-electron chi connectivity index (χ1n) is 8.51. The van der Waals surface area contributed by atoms with Gasteiger partial charge in [0.1, 0.15) is 5.52 Å². The molecule has 0 radical (unpaired) electrons. The minimum absolute atomic E-state index is 0.145. The number of anilines is 1. The molecule has 3 aromatic rings. The highest BCUT2D eigenvalue weighted by Crippen LogP contribution is 2.34. The van der Waals surface area contributed by atoms with Gasteiger partial charge in [-0.25, -0.2) is 9.48 Å². The van der Waals surface area contributed by atoms with Crippen LogP contribution in [-0.4, -0.2) is 48.2 Å². The molecule has 9 nitrogen and oxygen atoms in total. The van der Waals surface area contributed by atoms with Crippen LogP contribution in [0, 0.1) is 0 Å². The van der Waals surface area contributed by atoms with E-state index in [-0.39, 0.29) is 11.3 Å². The number of hydrogen-bond donors (Lipinski definition) is 1. The number of aromatic nitrogens is 3. The lowest BCUT2D eigenvalue weighted by Crippen LogP contribution is -2.16. The summed E-state index contributed by atoms with van der Waals surface area (Å²) in [4.78, 5) is 24.9. The Hall–Kier alpha value is -3.62. The normalized spacial score (nSPS) is 10.6. The van der Waals surface area contributed by atoms with Crippen molar-refractivity contribution in [3.8, 4) is 11.5 Å². The number of amides is 1. The van der Waals surface area contributed by atoms with Crippen LogP contribution in [0.2, 0.25) is 0 Å². The third-order valence-electron chi connectivity index (χ3n) is 4.25. The minimum atomic E-state index is -0.613. The first-order valence-corrected chi connectivity index (χ1v) is 8.51. The van der Waals surface area contributed by atoms with Gasteiger partial charge >= 0.3 is 5.97 Å². The molecule has 9 heteroatoms. The predicted octanol–water partition coefficient (Wildman–Crippen LogP) is 2.51. The van der Waals surface area contributed by atoms with E-state index in [9.17, 15) is 9.59 Å². The number of nitrogens with zero attached hydrogens (tertiary/aromatic N) is 3. The first-order chi connectivity index (χ1) is 13.5. The van der Waals surface area contributed by atoms with Crippen LogP contribution in [0.5, 0.6) is 11.5 Å². The maximum absolute atomic E-state index is 12.8. The molecule has 0 atom stereocenters. The molecule has 0 aliphatic carbocycles. The molecule has 0 fully saturated rings. The van der Waals surface area contributed by atoms with Crippen molar-refractivity contribution in [2.24, 2.45) is 0 Å². The molecule has 0 spiro atoms. The van der Waals surface area contributed by atoms with E-state index in [0.717, 1.165) is 5.52 Å². The Balaban J connectivity index is 1.97. The van der Waals surface area contributed by atoms with E-state index in [4.69, 9.17) is 14.2 Å². The molecule has 28 heavy (non-hydrogen) atoms. The van der Waals surface area contributed by atoms with Gasteiger partial charge in [-0.15, -0.1) is 5.10 Å². The Morgan fingerprint density at radius 1 is 1.07 bits per heavy atom. The molecule has 0 saturated heterocycles. The third kappa shape index (κ3) is 3.46. The molecule has 1 heterocycles. The fourth-order valence-electron chi connectivity index (χ4n) is 2.80. The van der Waals surface area contributed by atoms with Gasteiger partial charge in [-0.3, -0.25) is 4.79 Å². The van der Waals surface area contributed by atoms with Crippen molar-refractivity contribution in [1.82, 2.24) is 15.0 Å². The number of methoxy groups -OCH3 is 3. The van der Waals surface area contributed by atoms with Crippen LogP contribution in [0.25, 0.3) is 11.0 Å². The quantitative estimate of drug-likeness (QED) is 0.651. The molecule has 1 amide bonds. The van der Waals surface area contributed by atoms with E-state index in [1.54, 1.807) is 22.9 Å². The summed E-state index contributed by atoms with van der Waals surface area (Å²) in [6, 6.07) is 8.06. The smallest absolute Gasteiger partial charge is 0.340 e. The topological polar surface area (TPSA) is 105 Å². The van der Waals surface area contributed by atoms with Crippen LogP contribution in [-0.2, 0) is 11.3 Å². The lowest BCUT2D eigenvalue weighted by molar-refractivity contribution is 0.0601. The summed E-state index contributed by atoms with van der Waals surface area (Å²) in [5.41, 5.74) is 2.20. The van der Waals surface area contributed by atoms with E-state index < -0.39 is 11.9 Å². The molecule has 0 unspecified atom stereocenters. The van der Waals surface area contributed by atoms with E-state index in [2.05, 4.69) is 15.6 Å². The second-order valence-corrected chi connectivity index (χ2v) is 5.81. The van der Waals surface area contributed by atoms with Gasteiger partial charge in [-0.05, 0) is 25.1 Å². The molecular formula is C19H20N4O5. The van der Waals surface area contributed by atoms with Gasteiger partial charge in [0.2, 0.25) is 0 Å². The number of aryl methyl sites for hydroxylation is 1. The highest BCUT2D eigenvalue weighted by Gasteiger charge is 2.20. The fraction of sp³-hybridized carbons (Fsp3) is 0.263. The van der Waals surface area contributed by atoms with Crippen LogP contribution in [0.15, 0.2) is 30.3 Å². The van der Waals surface area contributed by atoms with Crippen LogP contribution < -0.4 is 14.8 Å². The fourth-order valence-corrected chi connectivity index (χ4v) is 2.80. The summed E-state index contributed by atoms with van der Waals surface area (Å²) in [5, 5.41) is 10.8. The second-order valence-electron chi connectivity index (χ2n) is 5.81. The SMILES string of the molecule is CCn1nnc2cc(C(=O)Nc3cc(OC)c(OC)cc3C(=O)OC)ccc21. The monoisotopic (exact) mass is 384 g/mol. The number of carbonyl (C=O) groups excluding carboxylic acids is 2. The zero-order valence-corrected chi connectivity index (χ0v) is 16.0. The van der Waals surface area contributed by atoms with Crippen molar-refractivity contribution in [2.45, 2.75) is 13.5 Å². The average Bonchev–Trinajstić information content (AvgIpc) is 3.15. The van der Waals surface area contributed by atoms with Crippen LogP contribution in [0.3, 0.4) is 0 Å². The Labute approximate surface area is 161 Å². The maximum atomic E-state index is 12.8. The molecule has 146 valence electrons. The molecule has 3 rings (SSSR count). The number of benzene rings is 2. The average molecular weight is 384 g/mol. The van der Waals surface area contributed by atoms with Gasteiger partial charge in [0.25, 0.3) is 5.91 Å². The van der Waals surface area contributed by atoms with E-state index >= 15 is 0 Å². The molecule has 0 aliphatic rings. The largest absolute Gasteiger partial charge is 0.493 e. The number of esters is 1. The van der Waals surface area contributed by atoms with Crippen molar-refractivity contribution < 1.29 is 23.8 Å². The number of carbonyl (C=O) groups is 2. The van der Waals surface area contributed by atoms with Gasteiger partial charge in [0.15, 0.2) is 11.5 Å². The molecule has 0 aliphatic heterocycles. The van der Waals surface area contributed by atoms with Crippen LogP contribution in [0.4, 0.5) is 5.69 Å². The third-order valence-corrected chi connectivity index (χ3v) is 4.25. The van der Waals surface area contributed by atoms with Gasteiger partial charge < -0.3 is 19.5 Å². The lowest BCUT2D eigenvalue weighted by atomic mass is 10.1. The minimum Gasteiger partial charge on any atom is -0.493 e. The lowest BCUT2D eigenvalue weighted by Gasteiger charge is -2.14. The van der Waals surface area contributed by atoms with Crippen molar-refractivity contribution in [3.63, 3.8) is 0 Å². The van der Waals surface area contributed by atoms with Crippen molar-refractivity contribution >= 4 is 28.6 Å². The molecule has 1 N–H and O–H groups in total. The molecular weight excluding hydrogens is 364 g/mol. The van der Waals surface area contributed by atoms with E-state index in [0.29, 0.717) is 29.1 Å². The van der Waals surface area contributed by atoms with Crippen molar-refractivity contribution in [1.29, 1.82) is 0 Å². The molecule has 0 bridgehead atoms. The maximum Gasteiger partial charge on any atom is 0.340 e. The zero-order valence-electron chi connectivity index (χ0n) is 16.0. The summed E-state index contributed by atoms with van der Waals surface area (Å²) < 4.78 is 17.0. The molecule has 1 aromatic heterocycles. The van der Waals surface area contributed by atoms with Crippen molar-refractivity contribution in [3.05, 3.63) is 41.5 Å². The van der Waals surface area contributed by atoms with Gasteiger partial charge in [0, 0.05) is 24.2 Å². The van der Waals surface area contributed by atoms with Crippen LogP contribution >= 0.6 is 0 Å². The number of rotatable bonds is 6. The van der Waals surface area contributed by atoms with E-state index in [1.807, 2.05) is 6.92 Å². The first kappa shape index (κ1) is 19.2. The Kier molecular flexibility index (Phi) is 5.44. The second kappa shape index (κ2) is 7.95. The summed E-state index contributed by atoms with van der Waals surface area (Å²) in [5.74, 6) is -0.312. The highest BCUT2D eigenvalue weighted by molar-refractivity contribution is 6.09. The molecule has 2 aromatic carbocycles. The Bertz CT molecular complexity index is 1040. The Morgan fingerprint density at radius 3 is 2.43 bits per heavy atom. The summed E-state index contributed by atoms with van der Waals surface area (Å²) in [6.07, 6.45) is 0.